The van der Waals surface area contributed by atoms with Crippen LogP contribution in [0.25, 0.3) is 0 Å². The molecule has 3 N–H and O–H groups in total. The van der Waals surface area contributed by atoms with Gasteiger partial charge in [0.2, 0.25) is 0 Å². The first-order valence-corrected chi connectivity index (χ1v) is 25.6. The van der Waals surface area contributed by atoms with Gasteiger partial charge in [0.15, 0.2) is 6.10 Å². The minimum absolute atomic E-state index is 0.190. The predicted octanol–water partition coefficient (Wildman–Crippen LogP) is 13.2. The molecule has 3 atom stereocenters. The zero-order valence-electron chi connectivity index (χ0n) is 37.4. The van der Waals surface area contributed by atoms with E-state index in [1.54, 1.807) is 0 Å². The predicted molar refractivity (Wildman–Crippen MR) is 238 cm³/mol. The Morgan fingerprint density at radius 1 is 0.534 bits per heavy atom. The molecule has 58 heavy (non-hydrogen) atoms. The quantitative estimate of drug-likeness (QED) is 0.0234. The second-order valence-corrected chi connectivity index (χ2v) is 18.0. The number of phosphoric ester groups is 1. The number of aliphatic hydroxyl groups is 2. The molecule has 0 spiro atoms. The molecule has 0 fully saturated rings. The molecule has 0 aromatic rings. The second kappa shape index (κ2) is 43.8. The Morgan fingerprint density at radius 2 is 0.879 bits per heavy atom. The maximum absolute atomic E-state index is 12.7. The number of rotatable bonds is 47. The summed E-state index contributed by atoms with van der Waals surface area (Å²) in [5.74, 6) is -0.912. The summed E-state index contributed by atoms with van der Waals surface area (Å²) in [6, 6.07) is 0. The highest BCUT2D eigenvalue weighted by atomic mass is 31.2. The number of hydrogen-bond donors (Lipinski definition) is 3. The van der Waals surface area contributed by atoms with E-state index in [4.69, 9.17) is 23.6 Å². The summed E-state index contributed by atoms with van der Waals surface area (Å²) in [6.07, 6.45) is 42.1. The van der Waals surface area contributed by atoms with Gasteiger partial charge in [-0.1, -0.05) is 206 Å². The molecule has 11 heteroatoms. The van der Waals surface area contributed by atoms with Crippen molar-refractivity contribution in [3.05, 3.63) is 12.7 Å². The van der Waals surface area contributed by atoms with E-state index in [0.717, 1.165) is 44.9 Å². The average molecular weight is 847 g/mol. The van der Waals surface area contributed by atoms with Gasteiger partial charge in [0.1, 0.15) is 12.7 Å². The zero-order valence-corrected chi connectivity index (χ0v) is 38.3. The van der Waals surface area contributed by atoms with Crippen LogP contribution in [-0.2, 0) is 32.7 Å². The first-order chi connectivity index (χ1) is 28.2. The van der Waals surface area contributed by atoms with E-state index in [9.17, 15) is 24.2 Å². The molecule has 0 aromatic heterocycles. The van der Waals surface area contributed by atoms with Gasteiger partial charge in [-0.3, -0.25) is 18.6 Å². The van der Waals surface area contributed by atoms with E-state index < -0.39 is 51.8 Å². The third-order valence-electron chi connectivity index (χ3n) is 10.8. The Hall–Kier alpha value is -1.29. The van der Waals surface area contributed by atoms with Crippen LogP contribution < -0.4 is 0 Å². The molecule has 0 rings (SSSR count). The molecule has 344 valence electrons. The van der Waals surface area contributed by atoms with Crippen molar-refractivity contribution in [2.45, 2.75) is 250 Å². The Bertz CT molecular complexity index is 964. The largest absolute Gasteiger partial charge is 0.472 e. The molecule has 1 unspecified atom stereocenters. The highest BCUT2D eigenvalue weighted by Crippen LogP contribution is 2.43. The second-order valence-electron chi connectivity index (χ2n) is 16.6. The topological polar surface area (TPSA) is 149 Å². The van der Waals surface area contributed by atoms with Crippen LogP contribution in [0.1, 0.15) is 238 Å². The van der Waals surface area contributed by atoms with Gasteiger partial charge in [0.25, 0.3) is 0 Å². The smallest absolute Gasteiger partial charge is 0.462 e. The van der Waals surface area contributed by atoms with Gasteiger partial charge in [-0.05, 0) is 25.7 Å². The summed E-state index contributed by atoms with van der Waals surface area (Å²) < 4.78 is 32.8. The SMILES string of the molecule is C=CCCCCCCCCCCCCCCCC(=O)OC[C@H](COP(=O)(O)OC[C@@H](O)CO)OC(=O)CCCCCCCCCCCCCCCCCCCCCC. The lowest BCUT2D eigenvalue weighted by molar-refractivity contribution is -0.161. The molecule has 0 heterocycles. The van der Waals surface area contributed by atoms with Gasteiger partial charge >= 0.3 is 19.8 Å². The highest BCUT2D eigenvalue weighted by molar-refractivity contribution is 7.47. The first-order valence-electron chi connectivity index (χ1n) is 24.1. The molecule has 0 saturated carbocycles. The summed E-state index contributed by atoms with van der Waals surface area (Å²) in [5.41, 5.74) is 0. The number of carbonyl (C=O) groups excluding carboxylic acids is 2. The van der Waals surface area contributed by atoms with Crippen LogP contribution in [0.15, 0.2) is 12.7 Å². The standard InChI is InChI=1S/C47H91O10P/c1-3-5-7-9-11-13-15-17-19-20-21-22-23-25-27-29-31-33-35-37-39-47(51)57-45(43-56-58(52,53)55-41-44(49)40-48)42-54-46(50)38-36-34-32-30-28-26-24-18-16-14-12-10-8-6-4-2/h4,44-45,48-49H,2-3,5-43H2,1H3,(H,52,53)/t44-,45+/m0/s1. The number of ether oxygens (including phenoxy) is 2. The van der Waals surface area contributed by atoms with E-state index in [1.165, 1.54) is 161 Å². The van der Waals surface area contributed by atoms with Crippen molar-refractivity contribution in [3.63, 3.8) is 0 Å². The fraction of sp³-hybridized carbons (Fsp3) is 0.915. The number of esters is 2. The Balaban J connectivity index is 4.15. The maximum atomic E-state index is 12.7. The van der Waals surface area contributed by atoms with Gasteiger partial charge < -0.3 is 24.6 Å². The maximum Gasteiger partial charge on any atom is 0.472 e. The molecule has 0 amide bonds. The number of hydrogen-bond acceptors (Lipinski definition) is 9. The number of carbonyl (C=O) groups is 2. The molecule has 0 aromatic carbocycles. The van der Waals surface area contributed by atoms with Crippen molar-refractivity contribution in [1.29, 1.82) is 0 Å². The van der Waals surface area contributed by atoms with Crippen LogP contribution >= 0.6 is 7.82 Å². The molecule has 0 radical (unpaired) electrons. The summed E-state index contributed by atoms with van der Waals surface area (Å²) in [6.45, 7) is 3.95. The third kappa shape index (κ3) is 42.8. The number of phosphoric acid groups is 1. The number of allylic oxidation sites excluding steroid dienone is 1. The Kier molecular flexibility index (Phi) is 42.8. The summed E-state index contributed by atoms with van der Waals surface area (Å²) in [4.78, 5) is 35.1. The van der Waals surface area contributed by atoms with E-state index in [1.807, 2.05) is 6.08 Å². The molecule has 0 bridgehead atoms. The van der Waals surface area contributed by atoms with Crippen LogP contribution in [0.2, 0.25) is 0 Å². The Morgan fingerprint density at radius 3 is 1.26 bits per heavy atom. The fourth-order valence-electron chi connectivity index (χ4n) is 7.09. The van der Waals surface area contributed by atoms with E-state index in [-0.39, 0.29) is 19.4 Å². The van der Waals surface area contributed by atoms with Crippen LogP contribution in [0.4, 0.5) is 0 Å². The Labute approximate surface area is 356 Å². The lowest BCUT2D eigenvalue weighted by atomic mass is 10.0. The zero-order chi connectivity index (χ0) is 42.6. The lowest BCUT2D eigenvalue weighted by Gasteiger charge is -2.20. The van der Waals surface area contributed by atoms with Gasteiger partial charge in [-0.25, -0.2) is 4.57 Å². The van der Waals surface area contributed by atoms with Crippen LogP contribution in [0, 0.1) is 0 Å². The minimum Gasteiger partial charge on any atom is -0.462 e. The summed E-state index contributed by atoms with van der Waals surface area (Å²) in [5, 5.41) is 18.4. The number of unbranched alkanes of at least 4 members (excludes halogenated alkanes) is 32. The van der Waals surface area contributed by atoms with Gasteiger partial charge in [0, 0.05) is 12.8 Å². The summed E-state index contributed by atoms with van der Waals surface area (Å²) >= 11 is 0. The van der Waals surface area contributed by atoms with Crippen LogP contribution in [0.3, 0.4) is 0 Å². The van der Waals surface area contributed by atoms with E-state index in [0.29, 0.717) is 12.8 Å². The van der Waals surface area contributed by atoms with Gasteiger partial charge in [0.05, 0.1) is 19.8 Å². The van der Waals surface area contributed by atoms with E-state index in [2.05, 4.69) is 13.5 Å². The molecule has 0 aliphatic heterocycles. The molecule has 0 aliphatic rings. The third-order valence-corrected chi connectivity index (χ3v) is 11.8. The minimum atomic E-state index is -4.61. The molecular formula is C47H91O10P. The summed E-state index contributed by atoms with van der Waals surface area (Å²) in [7, 11) is -4.61. The van der Waals surface area contributed by atoms with Crippen molar-refractivity contribution in [2.24, 2.45) is 0 Å². The van der Waals surface area contributed by atoms with Crippen LogP contribution in [-0.4, -0.2) is 65.7 Å². The van der Waals surface area contributed by atoms with Crippen LogP contribution in [0.5, 0.6) is 0 Å². The average Bonchev–Trinajstić information content (AvgIpc) is 3.21. The molecule has 10 nitrogen and oxygen atoms in total. The van der Waals surface area contributed by atoms with Crippen molar-refractivity contribution >= 4 is 19.8 Å². The highest BCUT2D eigenvalue weighted by Gasteiger charge is 2.27. The fourth-order valence-corrected chi connectivity index (χ4v) is 7.88. The monoisotopic (exact) mass is 847 g/mol. The van der Waals surface area contributed by atoms with Crippen molar-refractivity contribution in [3.8, 4) is 0 Å². The molecule has 0 saturated heterocycles. The van der Waals surface area contributed by atoms with Gasteiger partial charge in [-0.15, -0.1) is 6.58 Å². The molecular weight excluding hydrogens is 755 g/mol. The number of aliphatic hydroxyl groups excluding tert-OH is 2. The van der Waals surface area contributed by atoms with Crippen molar-refractivity contribution in [1.82, 2.24) is 0 Å². The lowest BCUT2D eigenvalue weighted by Crippen LogP contribution is -2.29. The van der Waals surface area contributed by atoms with Crippen molar-refractivity contribution in [2.75, 3.05) is 26.4 Å². The van der Waals surface area contributed by atoms with Crippen molar-refractivity contribution < 1.29 is 47.8 Å². The first kappa shape index (κ1) is 56.7. The van der Waals surface area contributed by atoms with Gasteiger partial charge in [-0.2, -0.15) is 0 Å². The molecule has 0 aliphatic carbocycles. The normalized spacial score (nSPS) is 13.6. The van der Waals surface area contributed by atoms with E-state index >= 15 is 0 Å².